The molecule has 0 aliphatic carbocycles. The summed E-state index contributed by atoms with van der Waals surface area (Å²) in [6.45, 7) is 9.72. The Hall–Kier alpha value is -1.35. The highest BCUT2D eigenvalue weighted by Gasteiger charge is 2.30. The number of aryl methyl sites for hydroxylation is 2. The molecule has 0 saturated carbocycles. The normalized spacial score (nSPS) is 18.4. The van der Waals surface area contributed by atoms with Gasteiger partial charge in [0.1, 0.15) is 0 Å². The van der Waals surface area contributed by atoms with Crippen LogP contribution in [0.1, 0.15) is 29.5 Å². The fourth-order valence-electron chi connectivity index (χ4n) is 4.24. The second-order valence-electron chi connectivity index (χ2n) is 7.92. The van der Waals surface area contributed by atoms with Crippen molar-refractivity contribution >= 4 is 35.8 Å². The number of nitrogens with one attached hydrogen (secondary N) is 1. The minimum atomic E-state index is 0. The van der Waals surface area contributed by atoms with E-state index in [4.69, 9.17) is 4.74 Å². The zero-order valence-electron chi connectivity index (χ0n) is 17.9. The van der Waals surface area contributed by atoms with Crippen LogP contribution in [0.2, 0.25) is 0 Å². The van der Waals surface area contributed by atoms with Gasteiger partial charge in [-0.05, 0) is 38.7 Å². The SMILES string of the molecule is CN=C(NCCc1cc(C)cc(C)c1)N1CCC(C(=O)N2CCOCC2)CC1.I. The van der Waals surface area contributed by atoms with Gasteiger partial charge in [-0.2, -0.15) is 0 Å². The summed E-state index contributed by atoms with van der Waals surface area (Å²) in [5.41, 5.74) is 3.98. The molecular formula is C22H35IN4O2. The number of carbonyl (C=O) groups is 1. The van der Waals surface area contributed by atoms with Crippen molar-refractivity contribution in [2.45, 2.75) is 33.1 Å². The third-order valence-electron chi connectivity index (χ3n) is 5.66. The summed E-state index contributed by atoms with van der Waals surface area (Å²) < 4.78 is 5.36. The third kappa shape index (κ3) is 6.84. The molecule has 2 aliphatic heterocycles. The average molecular weight is 514 g/mol. The van der Waals surface area contributed by atoms with E-state index in [0.717, 1.165) is 57.9 Å². The van der Waals surface area contributed by atoms with Gasteiger partial charge in [0.05, 0.1) is 13.2 Å². The molecule has 0 bridgehead atoms. The number of piperidine rings is 1. The summed E-state index contributed by atoms with van der Waals surface area (Å²) in [4.78, 5) is 21.4. The van der Waals surface area contributed by atoms with E-state index in [1.807, 2.05) is 11.9 Å². The summed E-state index contributed by atoms with van der Waals surface area (Å²) in [6, 6.07) is 6.71. The van der Waals surface area contributed by atoms with Crippen LogP contribution in [0.25, 0.3) is 0 Å². The monoisotopic (exact) mass is 514 g/mol. The quantitative estimate of drug-likeness (QED) is 0.382. The fraction of sp³-hybridized carbons (Fsp3) is 0.636. The molecule has 6 nitrogen and oxygen atoms in total. The molecule has 7 heteroatoms. The largest absolute Gasteiger partial charge is 0.378 e. The molecule has 0 aromatic heterocycles. The van der Waals surface area contributed by atoms with Gasteiger partial charge in [0.25, 0.3) is 0 Å². The summed E-state index contributed by atoms with van der Waals surface area (Å²) in [5, 5.41) is 3.50. The second kappa shape index (κ2) is 11.7. The maximum absolute atomic E-state index is 12.7. The van der Waals surface area contributed by atoms with Crippen molar-refractivity contribution in [2.24, 2.45) is 10.9 Å². The number of rotatable bonds is 4. The predicted octanol–water partition coefficient (Wildman–Crippen LogP) is 2.61. The smallest absolute Gasteiger partial charge is 0.225 e. The van der Waals surface area contributed by atoms with E-state index in [1.54, 1.807) is 0 Å². The Morgan fingerprint density at radius 3 is 2.28 bits per heavy atom. The van der Waals surface area contributed by atoms with Crippen molar-refractivity contribution in [1.82, 2.24) is 15.1 Å². The molecule has 1 amide bonds. The van der Waals surface area contributed by atoms with Crippen LogP contribution in [0, 0.1) is 19.8 Å². The van der Waals surface area contributed by atoms with Gasteiger partial charge in [0.15, 0.2) is 5.96 Å². The van der Waals surface area contributed by atoms with E-state index in [2.05, 4.69) is 47.3 Å². The second-order valence-corrected chi connectivity index (χ2v) is 7.92. The van der Waals surface area contributed by atoms with Gasteiger partial charge >= 0.3 is 0 Å². The van der Waals surface area contributed by atoms with Crippen LogP contribution in [0.3, 0.4) is 0 Å². The fourth-order valence-corrected chi connectivity index (χ4v) is 4.24. The topological polar surface area (TPSA) is 57.2 Å². The number of morpholine rings is 1. The Morgan fingerprint density at radius 1 is 1.07 bits per heavy atom. The van der Waals surface area contributed by atoms with E-state index < -0.39 is 0 Å². The highest BCUT2D eigenvalue weighted by atomic mass is 127. The number of carbonyl (C=O) groups excluding carboxylic acids is 1. The molecule has 1 aromatic carbocycles. The summed E-state index contributed by atoms with van der Waals surface area (Å²) in [6.07, 6.45) is 2.77. The van der Waals surface area contributed by atoms with Crippen LogP contribution in [0.15, 0.2) is 23.2 Å². The van der Waals surface area contributed by atoms with Gasteiger partial charge < -0.3 is 19.9 Å². The lowest BCUT2D eigenvalue weighted by Gasteiger charge is -2.36. The molecular weight excluding hydrogens is 479 g/mol. The number of amides is 1. The minimum Gasteiger partial charge on any atom is -0.378 e. The van der Waals surface area contributed by atoms with Crippen LogP contribution in [0.4, 0.5) is 0 Å². The number of ether oxygens (including phenoxy) is 1. The molecule has 2 aliphatic rings. The zero-order chi connectivity index (χ0) is 19.9. The van der Waals surface area contributed by atoms with E-state index >= 15 is 0 Å². The number of hydrogen-bond acceptors (Lipinski definition) is 3. The molecule has 0 atom stereocenters. The Morgan fingerprint density at radius 2 is 1.69 bits per heavy atom. The minimum absolute atomic E-state index is 0. The number of nitrogens with zero attached hydrogens (tertiary/aromatic N) is 3. The Balaban J connectivity index is 0.00000300. The van der Waals surface area contributed by atoms with Gasteiger partial charge in [-0.25, -0.2) is 0 Å². The number of aliphatic imine (C=N–C) groups is 1. The van der Waals surface area contributed by atoms with Crippen LogP contribution in [0.5, 0.6) is 0 Å². The van der Waals surface area contributed by atoms with Crippen molar-refractivity contribution in [2.75, 3.05) is 53.0 Å². The molecule has 0 spiro atoms. The lowest BCUT2D eigenvalue weighted by molar-refractivity contribution is -0.140. The lowest BCUT2D eigenvalue weighted by atomic mass is 9.95. The van der Waals surface area contributed by atoms with Gasteiger partial charge in [-0.15, -0.1) is 24.0 Å². The molecule has 2 saturated heterocycles. The van der Waals surface area contributed by atoms with Crippen LogP contribution >= 0.6 is 24.0 Å². The standard InChI is InChI=1S/C22H34N4O2.HI/c1-17-14-18(2)16-19(15-17)4-7-24-22(23-3)26-8-5-20(6-9-26)21(27)25-10-12-28-13-11-25;/h14-16,20H,4-13H2,1-3H3,(H,23,24);1H. The van der Waals surface area contributed by atoms with E-state index in [1.165, 1.54) is 16.7 Å². The highest BCUT2D eigenvalue weighted by molar-refractivity contribution is 14.0. The first-order chi connectivity index (χ1) is 13.6. The van der Waals surface area contributed by atoms with Gasteiger partial charge in [-0.3, -0.25) is 9.79 Å². The maximum atomic E-state index is 12.7. The molecule has 0 unspecified atom stereocenters. The average Bonchev–Trinajstić information content (AvgIpc) is 2.71. The maximum Gasteiger partial charge on any atom is 0.225 e. The third-order valence-corrected chi connectivity index (χ3v) is 5.66. The Kier molecular flexibility index (Phi) is 9.68. The van der Waals surface area contributed by atoms with Crippen LogP contribution in [-0.4, -0.2) is 74.7 Å². The highest BCUT2D eigenvalue weighted by Crippen LogP contribution is 2.20. The molecule has 29 heavy (non-hydrogen) atoms. The van der Waals surface area contributed by atoms with Gasteiger partial charge in [0, 0.05) is 45.7 Å². The molecule has 1 aromatic rings. The van der Waals surface area contributed by atoms with Crippen LogP contribution < -0.4 is 5.32 Å². The zero-order valence-corrected chi connectivity index (χ0v) is 20.3. The van der Waals surface area contributed by atoms with Crippen molar-refractivity contribution in [3.05, 3.63) is 34.9 Å². The Labute approximate surface area is 192 Å². The molecule has 162 valence electrons. The molecule has 2 heterocycles. The van der Waals surface area contributed by atoms with Gasteiger partial charge in [-0.1, -0.05) is 29.3 Å². The first kappa shape index (κ1) is 23.9. The van der Waals surface area contributed by atoms with Crippen molar-refractivity contribution < 1.29 is 9.53 Å². The van der Waals surface area contributed by atoms with Crippen molar-refractivity contribution in [3.8, 4) is 0 Å². The molecule has 3 rings (SSSR count). The van der Waals surface area contributed by atoms with E-state index in [0.29, 0.717) is 19.1 Å². The molecule has 1 N–H and O–H groups in total. The van der Waals surface area contributed by atoms with Crippen molar-refractivity contribution in [3.63, 3.8) is 0 Å². The summed E-state index contributed by atoms with van der Waals surface area (Å²) in [5.74, 6) is 1.39. The number of guanidine groups is 1. The van der Waals surface area contributed by atoms with Gasteiger partial charge in [0.2, 0.25) is 5.91 Å². The molecule has 2 fully saturated rings. The predicted molar refractivity (Wildman–Crippen MR) is 128 cm³/mol. The lowest BCUT2D eigenvalue weighted by Crippen LogP contribution is -2.50. The van der Waals surface area contributed by atoms with E-state index in [-0.39, 0.29) is 29.9 Å². The van der Waals surface area contributed by atoms with Crippen molar-refractivity contribution in [1.29, 1.82) is 0 Å². The number of likely N-dealkylation sites (tertiary alicyclic amines) is 1. The summed E-state index contributed by atoms with van der Waals surface area (Å²) >= 11 is 0. The van der Waals surface area contributed by atoms with E-state index in [9.17, 15) is 4.79 Å². The van der Waals surface area contributed by atoms with Crippen LogP contribution in [-0.2, 0) is 16.0 Å². The number of hydrogen-bond donors (Lipinski definition) is 1. The number of benzene rings is 1. The Bertz CT molecular complexity index is 676. The first-order valence-electron chi connectivity index (χ1n) is 10.5. The summed E-state index contributed by atoms with van der Waals surface area (Å²) in [7, 11) is 1.84. The number of halogens is 1. The first-order valence-corrected chi connectivity index (χ1v) is 10.5. The molecule has 0 radical (unpaired) electrons.